The lowest BCUT2D eigenvalue weighted by Crippen LogP contribution is -2.61. The smallest absolute Gasteiger partial charge is 0.255 e. The summed E-state index contributed by atoms with van der Waals surface area (Å²) in [7, 11) is -4.02. The third-order valence-corrected chi connectivity index (χ3v) is 9.67. The number of rotatable bonds is 13. The molecule has 3 aromatic carbocycles. The summed E-state index contributed by atoms with van der Waals surface area (Å²) < 4.78 is 29.5. The molecule has 44 heavy (non-hydrogen) atoms. The molecular weight excluding hydrogens is 576 g/mol. The normalized spacial score (nSPS) is 16.9. The SMILES string of the molecule is CC(C)CC(=O)N(NC(=O)C1CCCN1)[C@@H](Cc1ccccc1)[C@H](O)CN(CC(C)C)S(=O)(=O)c1ccc2ccccc2c1. The summed E-state index contributed by atoms with van der Waals surface area (Å²) in [6.45, 7) is 8.30. The van der Waals surface area contributed by atoms with Crippen LogP contribution in [0.4, 0.5) is 0 Å². The Morgan fingerprint density at radius 3 is 2.25 bits per heavy atom. The van der Waals surface area contributed by atoms with Crippen molar-refractivity contribution in [2.45, 2.75) is 76.5 Å². The third kappa shape index (κ3) is 8.65. The number of carbonyl (C=O) groups excluding carboxylic acids is 2. The topological polar surface area (TPSA) is 119 Å². The average molecular weight is 623 g/mol. The maximum atomic E-state index is 14.1. The predicted molar refractivity (Wildman–Crippen MR) is 173 cm³/mol. The molecule has 1 fully saturated rings. The molecule has 10 heteroatoms. The quantitative estimate of drug-likeness (QED) is 0.247. The van der Waals surface area contributed by atoms with Crippen molar-refractivity contribution in [3.05, 3.63) is 78.4 Å². The first-order valence-corrected chi connectivity index (χ1v) is 17.0. The van der Waals surface area contributed by atoms with Gasteiger partial charge in [-0.1, -0.05) is 88.4 Å². The molecule has 1 aliphatic heterocycles. The number of sulfonamides is 1. The van der Waals surface area contributed by atoms with E-state index in [0.29, 0.717) is 13.0 Å². The van der Waals surface area contributed by atoms with Crippen LogP contribution >= 0.6 is 0 Å². The molecule has 3 atom stereocenters. The number of benzene rings is 3. The number of hydrogen-bond donors (Lipinski definition) is 3. The number of hydrazine groups is 1. The Balaban J connectivity index is 1.70. The van der Waals surface area contributed by atoms with Crippen molar-refractivity contribution in [2.75, 3.05) is 19.6 Å². The van der Waals surface area contributed by atoms with Gasteiger partial charge in [0.2, 0.25) is 15.9 Å². The van der Waals surface area contributed by atoms with Gasteiger partial charge >= 0.3 is 0 Å². The Morgan fingerprint density at radius 2 is 1.61 bits per heavy atom. The Labute approximate surface area is 261 Å². The number of carbonyl (C=O) groups is 2. The van der Waals surface area contributed by atoms with Crippen LogP contribution in [0.15, 0.2) is 77.7 Å². The van der Waals surface area contributed by atoms with Crippen LogP contribution in [-0.2, 0) is 26.0 Å². The fourth-order valence-electron chi connectivity index (χ4n) is 5.62. The van der Waals surface area contributed by atoms with Crippen molar-refractivity contribution in [1.82, 2.24) is 20.1 Å². The van der Waals surface area contributed by atoms with Crippen LogP contribution in [0.1, 0.15) is 52.5 Å². The first-order chi connectivity index (χ1) is 21.0. The third-order valence-electron chi connectivity index (χ3n) is 7.84. The van der Waals surface area contributed by atoms with Crippen LogP contribution < -0.4 is 10.7 Å². The highest BCUT2D eigenvalue weighted by Gasteiger charge is 2.37. The second kappa shape index (κ2) is 15.1. The largest absolute Gasteiger partial charge is 0.390 e. The molecule has 3 aromatic rings. The van der Waals surface area contributed by atoms with E-state index < -0.39 is 28.2 Å². The zero-order valence-electron chi connectivity index (χ0n) is 26.1. The minimum atomic E-state index is -4.02. The van der Waals surface area contributed by atoms with Gasteiger partial charge in [0.1, 0.15) is 0 Å². The molecule has 238 valence electrons. The first kappa shape index (κ1) is 33.6. The maximum Gasteiger partial charge on any atom is 0.255 e. The van der Waals surface area contributed by atoms with Gasteiger partial charge in [-0.15, -0.1) is 0 Å². The van der Waals surface area contributed by atoms with Gasteiger partial charge in [-0.25, -0.2) is 13.4 Å². The van der Waals surface area contributed by atoms with Crippen molar-refractivity contribution in [3.63, 3.8) is 0 Å². The van der Waals surface area contributed by atoms with Crippen molar-refractivity contribution >= 4 is 32.6 Å². The fraction of sp³-hybridized carbons (Fsp3) is 0.471. The van der Waals surface area contributed by atoms with Crippen LogP contribution in [-0.4, -0.2) is 72.5 Å². The van der Waals surface area contributed by atoms with Crippen LogP contribution in [0.3, 0.4) is 0 Å². The molecule has 0 spiro atoms. The lowest BCUT2D eigenvalue weighted by molar-refractivity contribution is -0.149. The lowest BCUT2D eigenvalue weighted by Gasteiger charge is -2.38. The van der Waals surface area contributed by atoms with E-state index in [1.54, 1.807) is 18.2 Å². The molecular formula is C34H46N4O5S. The van der Waals surface area contributed by atoms with Gasteiger partial charge in [0.25, 0.3) is 5.91 Å². The minimum absolute atomic E-state index is 0.00625. The number of nitrogens with one attached hydrogen (secondary N) is 2. The summed E-state index contributed by atoms with van der Waals surface area (Å²) in [6.07, 6.45) is 0.565. The summed E-state index contributed by atoms with van der Waals surface area (Å²) in [5.74, 6) is -0.699. The van der Waals surface area contributed by atoms with Gasteiger partial charge in [0.05, 0.1) is 23.1 Å². The van der Waals surface area contributed by atoms with E-state index in [1.165, 1.54) is 9.31 Å². The van der Waals surface area contributed by atoms with E-state index in [-0.39, 0.29) is 54.5 Å². The molecule has 1 aliphatic rings. The molecule has 1 unspecified atom stereocenters. The molecule has 0 aromatic heterocycles. The fourth-order valence-corrected chi connectivity index (χ4v) is 7.28. The molecule has 4 rings (SSSR count). The highest BCUT2D eigenvalue weighted by molar-refractivity contribution is 7.89. The summed E-state index contributed by atoms with van der Waals surface area (Å²) in [6, 6.07) is 20.6. The van der Waals surface area contributed by atoms with Crippen LogP contribution in [0.5, 0.6) is 0 Å². The maximum absolute atomic E-state index is 14.1. The zero-order valence-corrected chi connectivity index (χ0v) is 27.0. The summed E-state index contributed by atoms with van der Waals surface area (Å²) in [5.41, 5.74) is 3.67. The molecule has 0 saturated carbocycles. The molecule has 9 nitrogen and oxygen atoms in total. The highest BCUT2D eigenvalue weighted by atomic mass is 32.2. The number of hydrogen-bond acceptors (Lipinski definition) is 6. The molecule has 1 heterocycles. The second-order valence-electron chi connectivity index (χ2n) is 12.5. The van der Waals surface area contributed by atoms with E-state index in [2.05, 4.69) is 10.7 Å². The Bertz CT molecular complexity index is 1510. The van der Waals surface area contributed by atoms with Gasteiger partial charge in [-0.2, -0.15) is 4.31 Å². The zero-order chi connectivity index (χ0) is 31.9. The van der Waals surface area contributed by atoms with Crippen molar-refractivity contribution in [1.29, 1.82) is 0 Å². The number of nitrogens with zero attached hydrogens (tertiary/aromatic N) is 2. The van der Waals surface area contributed by atoms with Gasteiger partial charge in [-0.3, -0.25) is 15.0 Å². The summed E-state index contributed by atoms with van der Waals surface area (Å²) in [5, 5.41) is 18.1. The molecule has 3 N–H and O–H groups in total. The minimum Gasteiger partial charge on any atom is -0.390 e. The highest BCUT2D eigenvalue weighted by Crippen LogP contribution is 2.25. The Hall–Kier alpha value is -3.31. The van der Waals surface area contributed by atoms with E-state index in [4.69, 9.17) is 0 Å². The number of aliphatic hydroxyl groups excluding tert-OH is 1. The molecule has 0 aliphatic carbocycles. The second-order valence-corrected chi connectivity index (χ2v) is 14.5. The van der Waals surface area contributed by atoms with E-state index in [9.17, 15) is 23.1 Å². The Kier molecular flexibility index (Phi) is 11.5. The van der Waals surface area contributed by atoms with Crippen LogP contribution in [0.2, 0.25) is 0 Å². The van der Waals surface area contributed by atoms with Gasteiger partial charge < -0.3 is 10.4 Å². The number of fused-ring (bicyclic) bond motifs is 1. The predicted octanol–water partition coefficient (Wildman–Crippen LogP) is 4.12. The lowest BCUT2D eigenvalue weighted by atomic mass is 9.99. The van der Waals surface area contributed by atoms with Crippen molar-refractivity contribution < 1.29 is 23.1 Å². The molecule has 2 amide bonds. The van der Waals surface area contributed by atoms with Crippen LogP contribution in [0.25, 0.3) is 10.8 Å². The van der Waals surface area contributed by atoms with Gasteiger partial charge in [0, 0.05) is 19.5 Å². The van der Waals surface area contributed by atoms with E-state index >= 15 is 0 Å². The number of aliphatic hydroxyl groups is 1. The van der Waals surface area contributed by atoms with E-state index in [1.807, 2.05) is 82.3 Å². The summed E-state index contributed by atoms with van der Waals surface area (Å²) in [4.78, 5) is 27.1. The number of amides is 2. The molecule has 0 bridgehead atoms. The van der Waals surface area contributed by atoms with Crippen LogP contribution in [0, 0.1) is 11.8 Å². The standard InChI is InChI=1S/C34H46N4O5S/c1-24(2)19-33(40)38(36-34(41)30-15-10-18-35-30)31(20-26-11-6-5-7-12-26)32(39)23-37(22-25(3)4)44(42,43)29-17-16-27-13-8-9-14-28(27)21-29/h5-9,11-14,16-17,21,24-25,30-32,35,39H,10,15,18-20,22-23H2,1-4H3,(H,36,41)/t30?,31-,32+/m0/s1. The van der Waals surface area contributed by atoms with Crippen molar-refractivity contribution in [2.24, 2.45) is 11.8 Å². The average Bonchev–Trinajstić information content (AvgIpc) is 3.53. The summed E-state index contributed by atoms with van der Waals surface area (Å²) >= 11 is 0. The van der Waals surface area contributed by atoms with Gasteiger partial charge in [-0.05, 0) is 66.1 Å². The van der Waals surface area contributed by atoms with E-state index in [0.717, 1.165) is 22.8 Å². The monoisotopic (exact) mass is 622 g/mol. The van der Waals surface area contributed by atoms with Crippen molar-refractivity contribution in [3.8, 4) is 0 Å². The molecule has 1 saturated heterocycles. The Morgan fingerprint density at radius 1 is 0.932 bits per heavy atom. The first-order valence-electron chi connectivity index (χ1n) is 15.5. The van der Waals surface area contributed by atoms with Gasteiger partial charge in [0.15, 0.2) is 0 Å². The molecule has 0 radical (unpaired) electrons.